The number of fused-ring (bicyclic) bond motifs is 28. The van der Waals surface area contributed by atoms with Crippen LogP contribution >= 0.6 is 0 Å². The van der Waals surface area contributed by atoms with Crippen LogP contribution in [0.2, 0.25) is 0 Å². The molecule has 0 aliphatic heterocycles. The number of hydrogen-bond acceptors (Lipinski definition) is 9. The molecule has 0 radical (unpaired) electrons. The van der Waals surface area contributed by atoms with Crippen LogP contribution in [0.5, 0.6) is 0 Å². The van der Waals surface area contributed by atoms with Crippen molar-refractivity contribution in [3.63, 3.8) is 0 Å². The minimum atomic E-state index is -0.144. The van der Waals surface area contributed by atoms with Crippen LogP contribution in [-0.4, -0.2) is 29.9 Å². The molecule has 0 N–H and O–H groups in total. The molecule has 0 spiro atoms. The predicted molar refractivity (Wildman–Crippen MR) is 523 cm³/mol. The number of para-hydroxylation sites is 2. The highest BCUT2D eigenvalue weighted by atomic mass is 16.3. The van der Waals surface area contributed by atoms with E-state index in [1.807, 2.05) is 36.4 Å². The van der Waals surface area contributed by atoms with Crippen molar-refractivity contribution in [2.75, 3.05) is 0 Å². The number of rotatable bonds is 7. The zero-order valence-electron chi connectivity index (χ0n) is 70.8. The number of nitrogens with zero attached hydrogens (tertiary/aromatic N) is 6. The maximum Gasteiger partial charge on any atom is 0.161 e. The molecule has 27 rings (SSSR count). The Morgan fingerprint density at radius 2 is 0.606 bits per heavy atom. The molecule has 9 heteroatoms. The van der Waals surface area contributed by atoms with E-state index in [2.05, 4.69) is 369 Å². The van der Waals surface area contributed by atoms with E-state index in [1.54, 1.807) is 0 Å². The highest BCUT2D eigenvalue weighted by molar-refractivity contribution is 6.17. The van der Waals surface area contributed by atoms with Crippen molar-refractivity contribution in [2.45, 2.75) is 64.2 Å². The van der Waals surface area contributed by atoms with Gasteiger partial charge in [-0.1, -0.05) is 327 Å². The average molecular weight is 1630 g/mol. The van der Waals surface area contributed by atoms with Crippen LogP contribution in [-0.2, 0) is 16.2 Å². The molecule has 18 aromatic carbocycles. The van der Waals surface area contributed by atoms with Gasteiger partial charge in [0.25, 0.3) is 0 Å². The molecule has 0 saturated carbocycles. The Hall–Kier alpha value is -15.8. The van der Waals surface area contributed by atoms with Gasteiger partial charge in [0.05, 0.1) is 33.6 Å². The summed E-state index contributed by atoms with van der Waals surface area (Å²) in [6.07, 6.45) is 0.997. The molecule has 3 aliphatic rings. The Kier molecular flexibility index (Phi) is 16.3. The Balaban J connectivity index is 0.000000104. The first-order valence-corrected chi connectivity index (χ1v) is 43.8. The number of hydrogen-bond donors (Lipinski definition) is 0. The molecule has 1 atom stereocenters. The lowest BCUT2D eigenvalue weighted by Gasteiger charge is -2.25. The fraction of sp³-hybridized carbons (Fsp3) is 0.0847. The lowest BCUT2D eigenvalue weighted by Crippen LogP contribution is -2.19. The van der Waals surface area contributed by atoms with Gasteiger partial charge in [0.2, 0.25) is 0 Å². The molecule has 0 amide bonds. The van der Waals surface area contributed by atoms with Gasteiger partial charge in [-0.25, -0.2) is 29.9 Å². The van der Waals surface area contributed by atoms with E-state index in [0.29, 0.717) is 5.82 Å². The van der Waals surface area contributed by atoms with Gasteiger partial charge in [-0.2, -0.15) is 0 Å². The lowest BCUT2D eigenvalue weighted by molar-refractivity contribution is 0.553. The predicted octanol–water partition coefficient (Wildman–Crippen LogP) is 31.4. The van der Waals surface area contributed by atoms with E-state index in [-0.39, 0.29) is 16.2 Å². The molecule has 6 heterocycles. The Morgan fingerprint density at radius 3 is 1.13 bits per heavy atom. The molecule has 3 aliphatic carbocycles. The van der Waals surface area contributed by atoms with Gasteiger partial charge >= 0.3 is 0 Å². The molecule has 1 unspecified atom stereocenters. The first kappa shape index (κ1) is 73.8. The SMILES string of the molecule is CC1(C)c2ccccc2-c2ccc3c(oc4cc(-c5nc(-c6ccccc6)c6ccc7ccccc7c6n5)ccc43)c21.CC1(C)c2ccccc2-c2ccc3c(oc4cc(-c5nc(-c6ccccc6)nc6ccccc56)ccc43)c21.CCC1(C)c2ccccc2-c2ccc3c(oc4cc(-c5nc(-c6c7ccccc7cc7ccccc67)nc6ccccc56)ccc43)c21. The van der Waals surface area contributed by atoms with Crippen LogP contribution in [0.3, 0.4) is 0 Å². The maximum absolute atomic E-state index is 6.88. The normalized spacial score (nSPS) is 14.4. The van der Waals surface area contributed by atoms with Gasteiger partial charge in [0.1, 0.15) is 33.5 Å². The summed E-state index contributed by atoms with van der Waals surface area (Å²) >= 11 is 0. The largest absolute Gasteiger partial charge is 0.456 e. The minimum Gasteiger partial charge on any atom is -0.456 e. The minimum absolute atomic E-state index is 0.110. The van der Waals surface area contributed by atoms with Gasteiger partial charge in [-0.15, -0.1) is 0 Å². The van der Waals surface area contributed by atoms with Crippen molar-refractivity contribution in [3.05, 3.63) is 397 Å². The standard InChI is InChI=1S/C44H30N2O.C39H26N2O.C35H24N2O/c1-3-44(2)36-18-10-8-16-31(36)33-22-23-34-32-21-20-28(25-38(32)47-42(34)40(33)44)41-35-17-9-11-19-37(35)45-43(46-41)39-29-14-6-4-12-26(29)24-27-13-5-7-15-30(27)39;1-39(2)32-15-9-8-14-27(32)29-20-21-30-28-18-17-25(22-33(28)42-37(30)34(29)39)38-40-35(24-11-4-3-5-12-24)31-19-16-23-10-6-7-13-26(23)36(31)41-38;1-35(2)28-14-8-6-12-23(28)25-18-19-26-24-17-16-22(20-30(24)38-33(26)31(25)35)32-27-13-7-9-15-29(27)36-34(37-32)21-10-4-3-5-11-21/h4-25H,3H2,1-2H3;3-22H,1-2H3;3-20H,1-2H3. The van der Waals surface area contributed by atoms with Crippen LogP contribution in [0.15, 0.2) is 377 Å². The maximum atomic E-state index is 6.88. The third-order valence-corrected chi connectivity index (χ3v) is 27.7. The molecule has 0 bridgehead atoms. The molecule has 24 aromatic rings. The fourth-order valence-electron chi connectivity index (χ4n) is 21.4. The van der Waals surface area contributed by atoms with E-state index >= 15 is 0 Å². The summed E-state index contributed by atoms with van der Waals surface area (Å²) in [7, 11) is 0. The summed E-state index contributed by atoms with van der Waals surface area (Å²) in [4.78, 5) is 30.8. The summed E-state index contributed by atoms with van der Waals surface area (Å²) in [6, 6.07) is 128. The summed E-state index contributed by atoms with van der Waals surface area (Å²) in [5, 5.41) is 16.9. The Labute approximate surface area is 732 Å². The molecule has 0 saturated heterocycles. The molecule has 6 aromatic heterocycles. The second-order valence-electron chi connectivity index (χ2n) is 35.4. The summed E-state index contributed by atoms with van der Waals surface area (Å²) in [6.45, 7) is 13.8. The quantitative estimate of drug-likeness (QED) is 0.114. The zero-order chi connectivity index (χ0) is 84.7. The Bertz CT molecular complexity index is 8740. The highest BCUT2D eigenvalue weighted by Gasteiger charge is 2.43. The third kappa shape index (κ3) is 11.3. The van der Waals surface area contributed by atoms with Crippen LogP contribution in [0, 0.1) is 0 Å². The smallest absolute Gasteiger partial charge is 0.161 e. The molecule has 127 heavy (non-hydrogen) atoms. The van der Waals surface area contributed by atoms with E-state index in [0.717, 1.165) is 183 Å². The first-order chi connectivity index (χ1) is 62.3. The number of aromatic nitrogens is 6. The zero-order valence-corrected chi connectivity index (χ0v) is 70.8. The van der Waals surface area contributed by atoms with E-state index < -0.39 is 0 Å². The van der Waals surface area contributed by atoms with E-state index in [4.69, 9.17) is 43.2 Å². The van der Waals surface area contributed by atoms with Crippen LogP contribution in [0.25, 0.3) is 232 Å². The van der Waals surface area contributed by atoms with Gasteiger partial charge in [0, 0.05) is 120 Å². The topological polar surface area (TPSA) is 117 Å². The summed E-state index contributed by atoms with van der Waals surface area (Å²) < 4.78 is 20.3. The summed E-state index contributed by atoms with van der Waals surface area (Å²) in [5.41, 5.74) is 32.5. The van der Waals surface area contributed by atoms with Crippen molar-refractivity contribution >= 4 is 131 Å². The van der Waals surface area contributed by atoms with E-state index in [1.165, 1.54) is 82.9 Å². The molecule has 0 fully saturated rings. The van der Waals surface area contributed by atoms with Crippen molar-refractivity contribution in [2.24, 2.45) is 0 Å². The molecule has 9 nitrogen and oxygen atoms in total. The van der Waals surface area contributed by atoms with Crippen LogP contribution in [0.4, 0.5) is 0 Å². The van der Waals surface area contributed by atoms with Gasteiger partial charge in [-0.05, 0) is 162 Å². The van der Waals surface area contributed by atoms with Crippen LogP contribution < -0.4 is 0 Å². The molecular weight excluding hydrogens is 1550 g/mol. The lowest BCUT2D eigenvalue weighted by atomic mass is 9.77. The monoisotopic (exact) mass is 1630 g/mol. The van der Waals surface area contributed by atoms with Crippen molar-refractivity contribution in [1.82, 2.24) is 29.9 Å². The fourth-order valence-corrected chi connectivity index (χ4v) is 21.4. The van der Waals surface area contributed by atoms with Crippen molar-refractivity contribution in [1.29, 1.82) is 0 Å². The number of furan rings is 3. The second-order valence-corrected chi connectivity index (χ2v) is 35.4. The van der Waals surface area contributed by atoms with Crippen molar-refractivity contribution in [3.8, 4) is 101 Å². The van der Waals surface area contributed by atoms with Gasteiger partial charge in [0.15, 0.2) is 17.5 Å². The third-order valence-electron chi connectivity index (χ3n) is 27.7. The second kappa shape index (κ2) is 28.1. The highest BCUT2D eigenvalue weighted by Crippen LogP contribution is 2.58. The van der Waals surface area contributed by atoms with Crippen LogP contribution in [0.1, 0.15) is 81.3 Å². The summed E-state index contributed by atoms with van der Waals surface area (Å²) in [5.74, 6) is 2.14. The Morgan fingerprint density at radius 1 is 0.236 bits per heavy atom. The van der Waals surface area contributed by atoms with Gasteiger partial charge in [-0.3, -0.25) is 0 Å². The average Bonchev–Trinajstić information content (AvgIpc) is 1.55. The molecular formula is C118H80N6O3. The first-order valence-electron chi connectivity index (χ1n) is 43.8. The number of benzene rings is 18. The molecule has 600 valence electrons. The van der Waals surface area contributed by atoms with Crippen molar-refractivity contribution < 1.29 is 13.3 Å². The van der Waals surface area contributed by atoms with Gasteiger partial charge < -0.3 is 13.3 Å². The van der Waals surface area contributed by atoms with E-state index in [9.17, 15) is 0 Å².